The Morgan fingerprint density at radius 1 is 0.314 bits per heavy atom. The Labute approximate surface area is 648 Å². The molecule has 22 nitrogen and oxygen atoms in total. The summed E-state index contributed by atoms with van der Waals surface area (Å²) in [6.07, 6.45) is 11.7. The summed E-state index contributed by atoms with van der Waals surface area (Å²) in [6, 6.07) is 42.8. The fraction of sp³-hybridized carbons (Fsp3) is 0.375. The molecule has 0 aromatic heterocycles. The zero-order valence-corrected chi connectivity index (χ0v) is 66.6. The van der Waals surface area contributed by atoms with E-state index < -0.39 is 69.3 Å². The Balaban J connectivity index is 0.000000304. The van der Waals surface area contributed by atoms with Gasteiger partial charge in [0.05, 0.1) is 65.7 Å². The minimum atomic E-state index is -3.61. The SMILES string of the molecule is C1CCNC1.Cl.N#CC1CCCN1.N#CC1CCCN1S(=O)(=O)c1ccc(Cl)cc1.N#C[C@@H]1CCCN1.N#C[C@@H]1CCCN1S(=O)(=O)c1ccc(Cl)cc1.O=S(=O)(Cl)c1ccc(Cl)cc1.O=S(=O)(Cl)c1ccc(Cl)cc1.O=S(=O)(Cl)c1ccc(Cl)cc1.O=S(=O)(c1ccc(Cl)cc1)N1CCCC1. The molecular formula is C64H72Cl10N10O12S6. The summed E-state index contributed by atoms with van der Waals surface area (Å²) >= 11 is 33.7. The highest BCUT2D eigenvalue weighted by molar-refractivity contribution is 8.14. The van der Waals surface area contributed by atoms with Crippen LogP contribution in [0, 0.1) is 45.3 Å². The van der Waals surface area contributed by atoms with Crippen molar-refractivity contribution in [2.75, 3.05) is 52.4 Å². The van der Waals surface area contributed by atoms with Gasteiger partial charge in [-0.25, -0.2) is 50.5 Å². The second-order valence-electron chi connectivity index (χ2n) is 22.0. The molecule has 4 atom stereocenters. The Bertz CT molecular complexity index is 4160. The Morgan fingerprint density at radius 3 is 0.765 bits per heavy atom. The molecule has 556 valence electrons. The summed E-state index contributed by atoms with van der Waals surface area (Å²) < 4.78 is 141. The second-order valence-corrected chi connectivity index (χ2v) is 38.0. The van der Waals surface area contributed by atoms with E-state index in [2.05, 4.69) is 28.1 Å². The third kappa shape index (κ3) is 32.0. The maximum atomic E-state index is 12.2. The molecular weight excluding hydrogens is 1650 g/mol. The summed E-state index contributed by atoms with van der Waals surface area (Å²) in [5.41, 5.74) is 0. The van der Waals surface area contributed by atoms with Crippen LogP contribution in [0.5, 0.6) is 0 Å². The highest BCUT2D eigenvalue weighted by atomic mass is 35.7. The number of hydrogen-bond donors (Lipinski definition) is 3. The van der Waals surface area contributed by atoms with Gasteiger partial charge in [-0.2, -0.15) is 34.0 Å². The molecule has 0 spiro atoms. The van der Waals surface area contributed by atoms with Gasteiger partial charge in [0, 0.05) is 88.4 Å². The quantitative estimate of drug-likeness (QED) is 0.113. The second kappa shape index (κ2) is 45.3. The Hall–Kier alpha value is -4.36. The van der Waals surface area contributed by atoms with Crippen LogP contribution < -0.4 is 16.0 Å². The van der Waals surface area contributed by atoms with Gasteiger partial charge in [0.2, 0.25) is 30.1 Å². The third-order valence-electron chi connectivity index (χ3n) is 14.7. The maximum absolute atomic E-state index is 12.2. The van der Waals surface area contributed by atoms with E-state index in [0.29, 0.717) is 74.1 Å². The molecule has 6 saturated heterocycles. The fourth-order valence-electron chi connectivity index (χ4n) is 9.49. The molecule has 6 aliphatic rings. The van der Waals surface area contributed by atoms with E-state index in [1.165, 1.54) is 160 Å². The van der Waals surface area contributed by atoms with Crippen LogP contribution in [0.15, 0.2) is 175 Å². The maximum Gasteiger partial charge on any atom is 0.261 e. The van der Waals surface area contributed by atoms with Crippen molar-refractivity contribution >= 4 is 171 Å². The predicted molar refractivity (Wildman–Crippen MR) is 404 cm³/mol. The van der Waals surface area contributed by atoms with Gasteiger partial charge < -0.3 is 16.0 Å². The van der Waals surface area contributed by atoms with Crippen LogP contribution in [-0.4, -0.2) is 140 Å². The number of nitriles is 4. The molecule has 2 unspecified atom stereocenters. The first-order chi connectivity index (χ1) is 47.6. The molecule has 102 heavy (non-hydrogen) atoms. The normalized spacial score (nSPS) is 18.8. The lowest BCUT2D eigenvalue weighted by atomic mass is 10.2. The van der Waals surface area contributed by atoms with Crippen LogP contribution in [0.1, 0.15) is 77.0 Å². The van der Waals surface area contributed by atoms with E-state index in [1.807, 2.05) is 12.1 Å². The van der Waals surface area contributed by atoms with Crippen LogP contribution in [0.2, 0.25) is 30.1 Å². The van der Waals surface area contributed by atoms with Crippen molar-refractivity contribution in [1.82, 2.24) is 28.9 Å². The van der Waals surface area contributed by atoms with Gasteiger partial charge in [-0.15, -0.1) is 12.4 Å². The minimum Gasteiger partial charge on any atom is -0.317 e. The molecule has 6 aliphatic heterocycles. The van der Waals surface area contributed by atoms with Crippen molar-refractivity contribution in [3.8, 4) is 24.3 Å². The van der Waals surface area contributed by atoms with Gasteiger partial charge in [-0.1, -0.05) is 69.6 Å². The van der Waals surface area contributed by atoms with E-state index in [9.17, 15) is 50.5 Å². The number of sulfonamides is 3. The summed E-state index contributed by atoms with van der Waals surface area (Å²) in [5.74, 6) is 0. The summed E-state index contributed by atoms with van der Waals surface area (Å²) in [4.78, 5) is 0.873. The molecule has 0 amide bonds. The number of nitrogens with one attached hydrogen (secondary N) is 3. The van der Waals surface area contributed by atoms with Crippen molar-refractivity contribution in [2.24, 2.45) is 0 Å². The Kier molecular flexibility index (Phi) is 40.8. The Morgan fingerprint density at radius 2 is 0.569 bits per heavy atom. The number of hydrogen-bond acceptors (Lipinski definition) is 19. The largest absolute Gasteiger partial charge is 0.317 e. The van der Waals surface area contributed by atoms with E-state index in [1.54, 1.807) is 24.3 Å². The average Bonchev–Trinajstić information content (AvgIpc) is 0.890. The monoisotopic (exact) mass is 1710 g/mol. The fourth-order valence-corrected chi connectivity index (χ4v) is 17.3. The molecule has 12 rings (SSSR count). The molecule has 6 aromatic rings. The summed E-state index contributed by atoms with van der Waals surface area (Å²) in [7, 11) is -6.11. The van der Waals surface area contributed by atoms with Crippen LogP contribution in [0.25, 0.3) is 0 Å². The lowest BCUT2D eigenvalue weighted by Gasteiger charge is -2.19. The molecule has 3 N–H and O–H groups in total. The molecule has 0 aliphatic carbocycles. The first-order valence-electron chi connectivity index (χ1n) is 30.8. The number of nitrogens with zero attached hydrogens (tertiary/aromatic N) is 7. The van der Waals surface area contributed by atoms with Crippen molar-refractivity contribution < 1.29 is 50.5 Å². The first kappa shape index (κ1) is 91.8. The molecule has 6 heterocycles. The van der Waals surface area contributed by atoms with E-state index in [0.717, 1.165) is 64.5 Å². The number of halogens is 10. The van der Waals surface area contributed by atoms with Gasteiger partial charge in [-0.05, 0) is 249 Å². The molecule has 0 radical (unpaired) electrons. The third-order valence-corrected chi connectivity index (χ3v) is 26.1. The highest BCUT2D eigenvalue weighted by Gasteiger charge is 2.36. The van der Waals surface area contributed by atoms with Crippen LogP contribution in [0.4, 0.5) is 0 Å². The van der Waals surface area contributed by atoms with Crippen LogP contribution in [-0.2, 0) is 57.2 Å². The van der Waals surface area contributed by atoms with Gasteiger partial charge in [0.15, 0.2) is 0 Å². The van der Waals surface area contributed by atoms with E-state index >= 15 is 0 Å². The van der Waals surface area contributed by atoms with Gasteiger partial charge in [-0.3, -0.25) is 0 Å². The van der Waals surface area contributed by atoms with Crippen molar-refractivity contribution in [3.63, 3.8) is 0 Å². The lowest BCUT2D eigenvalue weighted by Crippen LogP contribution is -2.34. The van der Waals surface area contributed by atoms with Crippen LogP contribution in [0.3, 0.4) is 0 Å². The van der Waals surface area contributed by atoms with Crippen LogP contribution >= 0.6 is 114 Å². The standard InChI is InChI=1S/2C11H11ClN2O2S.C10H12ClNO2S.3C6H4Cl2O2S.2C5H8N2.C4H9N.ClH/c2*12-9-3-5-11(6-4-9)17(15,16)14-7-1-2-10(14)8-13;11-9-3-5-10(6-4-9)15(13,14)12-7-1-2-8-12;3*7-5-1-3-6(4-2-5)11(8,9)10;2*6-4-5-2-1-3-7-5;1-2-4-5-3-1;/h2*3-6,10H,1-2,7H2;3-6H,1-2,7-8H2;3*1-4H;2*5,7H,1-3H2;5H,1-4H2;1H/t10-;;;;;;5-;;;/m0.....0.../s1. The molecule has 6 aromatic carbocycles. The van der Waals surface area contributed by atoms with Crippen molar-refractivity contribution in [1.29, 1.82) is 21.0 Å². The molecule has 38 heteroatoms. The van der Waals surface area contributed by atoms with Gasteiger partial charge >= 0.3 is 0 Å². The van der Waals surface area contributed by atoms with E-state index in [-0.39, 0.29) is 49.0 Å². The minimum absolute atomic E-state index is 0. The first-order valence-corrected chi connectivity index (χ1v) is 44.3. The smallest absolute Gasteiger partial charge is 0.261 e. The summed E-state index contributed by atoms with van der Waals surface area (Å²) in [5, 5.41) is 46.6. The molecule has 0 bridgehead atoms. The number of rotatable bonds is 9. The predicted octanol–water partition coefficient (Wildman–Crippen LogP) is 14.3. The van der Waals surface area contributed by atoms with E-state index in [4.69, 9.17) is 123 Å². The average molecular weight is 1720 g/mol. The number of benzene rings is 6. The zero-order chi connectivity index (χ0) is 75.0. The highest BCUT2D eigenvalue weighted by Crippen LogP contribution is 2.29. The topological polar surface area (TPSA) is 346 Å². The molecule has 6 fully saturated rings. The zero-order valence-electron chi connectivity index (χ0n) is 54.1. The lowest BCUT2D eigenvalue weighted by molar-refractivity contribution is 0.437. The summed E-state index contributed by atoms with van der Waals surface area (Å²) in [6.45, 7) is 6.62. The van der Waals surface area contributed by atoms with Gasteiger partial charge in [0.1, 0.15) is 12.1 Å². The molecule has 0 saturated carbocycles. The van der Waals surface area contributed by atoms with Crippen molar-refractivity contribution in [2.45, 2.75) is 131 Å². The van der Waals surface area contributed by atoms with Crippen molar-refractivity contribution in [3.05, 3.63) is 176 Å². The van der Waals surface area contributed by atoms with Gasteiger partial charge in [0.25, 0.3) is 27.2 Å².